The molecule has 0 bridgehead atoms. The summed E-state index contributed by atoms with van der Waals surface area (Å²) in [6.07, 6.45) is 0. The van der Waals surface area contributed by atoms with Crippen LogP contribution in [0.25, 0.3) is 0 Å². The number of nitrogens with one attached hydrogen (secondary N) is 1. The SMILES string of the molecule is COC(=O)C(N)CSC(C)C(=O)NC(C)C. The maximum atomic E-state index is 11.5. The molecule has 0 aromatic rings. The van der Waals surface area contributed by atoms with Gasteiger partial charge in [-0.05, 0) is 20.8 Å². The number of carbonyl (C=O) groups excluding carboxylic acids is 2. The Morgan fingerprint density at radius 2 is 1.94 bits per heavy atom. The van der Waals surface area contributed by atoms with Crippen molar-refractivity contribution in [1.29, 1.82) is 0 Å². The summed E-state index contributed by atoms with van der Waals surface area (Å²) in [7, 11) is 1.29. The minimum absolute atomic E-state index is 0.0444. The molecule has 0 aromatic heterocycles. The summed E-state index contributed by atoms with van der Waals surface area (Å²) in [5, 5.41) is 2.57. The molecule has 0 radical (unpaired) electrons. The van der Waals surface area contributed by atoms with Crippen LogP contribution < -0.4 is 11.1 Å². The zero-order valence-corrected chi connectivity index (χ0v) is 11.0. The van der Waals surface area contributed by atoms with Crippen molar-refractivity contribution in [3.8, 4) is 0 Å². The maximum absolute atomic E-state index is 11.5. The molecule has 0 saturated carbocycles. The topological polar surface area (TPSA) is 81.4 Å². The van der Waals surface area contributed by atoms with Crippen molar-refractivity contribution in [1.82, 2.24) is 5.32 Å². The summed E-state index contributed by atoms with van der Waals surface area (Å²) >= 11 is 1.34. The molecule has 1 amide bonds. The van der Waals surface area contributed by atoms with Crippen LogP contribution in [0.15, 0.2) is 0 Å². The number of thioether (sulfide) groups is 1. The molecule has 5 nitrogen and oxygen atoms in total. The van der Waals surface area contributed by atoms with E-state index >= 15 is 0 Å². The largest absolute Gasteiger partial charge is 0.468 e. The van der Waals surface area contributed by atoms with Gasteiger partial charge in [0, 0.05) is 11.8 Å². The van der Waals surface area contributed by atoms with Crippen molar-refractivity contribution in [2.24, 2.45) is 5.73 Å². The third kappa shape index (κ3) is 5.97. The van der Waals surface area contributed by atoms with Crippen molar-refractivity contribution >= 4 is 23.6 Å². The zero-order chi connectivity index (χ0) is 12.7. The van der Waals surface area contributed by atoms with E-state index in [4.69, 9.17) is 5.73 Å². The molecule has 0 aliphatic heterocycles. The van der Waals surface area contributed by atoms with Gasteiger partial charge in [-0.2, -0.15) is 0 Å². The molecule has 0 fully saturated rings. The Morgan fingerprint density at radius 3 is 2.38 bits per heavy atom. The predicted molar refractivity (Wildman–Crippen MR) is 65.2 cm³/mol. The van der Waals surface area contributed by atoms with E-state index in [0.29, 0.717) is 5.75 Å². The van der Waals surface area contributed by atoms with Gasteiger partial charge < -0.3 is 15.8 Å². The molecule has 0 aliphatic carbocycles. The number of carbonyl (C=O) groups is 2. The van der Waals surface area contributed by atoms with Crippen LogP contribution in [0, 0.1) is 0 Å². The number of esters is 1. The van der Waals surface area contributed by atoms with Crippen LogP contribution in [0.4, 0.5) is 0 Å². The minimum Gasteiger partial charge on any atom is -0.468 e. The first-order valence-electron chi connectivity index (χ1n) is 5.13. The van der Waals surface area contributed by atoms with Gasteiger partial charge in [-0.1, -0.05) is 0 Å². The van der Waals surface area contributed by atoms with Crippen LogP contribution >= 0.6 is 11.8 Å². The smallest absolute Gasteiger partial charge is 0.323 e. The Hall–Kier alpha value is -0.750. The third-order valence-electron chi connectivity index (χ3n) is 1.83. The van der Waals surface area contributed by atoms with Crippen LogP contribution in [-0.4, -0.2) is 42.1 Å². The molecule has 2 unspecified atom stereocenters. The second-order valence-electron chi connectivity index (χ2n) is 3.77. The minimum atomic E-state index is -0.677. The van der Waals surface area contributed by atoms with E-state index in [1.54, 1.807) is 6.92 Å². The number of ether oxygens (including phenoxy) is 1. The van der Waals surface area contributed by atoms with Crippen LogP contribution in [0.2, 0.25) is 0 Å². The molecule has 0 rings (SSSR count). The fourth-order valence-electron chi connectivity index (χ4n) is 0.945. The van der Waals surface area contributed by atoms with Crippen LogP contribution in [-0.2, 0) is 14.3 Å². The van der Waals surface area contributed by atoms with Gasteiger partial charge >= 0.3 is 5.97 Å². The van der Waals surface area contributed by atoms with E-state index in [-0.39, 0.29) is 17.2 Å². The molecule has 0 spiro atoms. The highest BCUT2D eigenvalue weighted by Gasteiger charge is 2.19. The molecule has 3 N–H and O–H groups in total. The number of hydrogen-bond donors (Lipinski definition) is 2. The Kier molecular flexibility index (Phi) is 7.16. The Morgan fingerprint density at radius 1 is 1.38 bits per heavy atom. The van der Waals surface area contributed by atoms with E-state index in [1.165, 1.54) is 18.9 Å². The predicted octanol–water partition coefficient (Wildman–Crippen LogP) is 0.133. The van der Waals surface area contributed by atoms with Crippen molar-refractivity contribution in [2.45, 2.75) is 38.1 Å². The lowest BCUT2D eigenvalue weighted by Crippen LogP contribution is -2.38. The summed E-state index contributed by atoms with van der Waals surface area (Å²) in [6, 6.07) is -0.561. The first-order valence-corrected chi connectivity index (χ1v) is 6.18. The molecule has 94 valence electrons. The summed E-state index contributed by atoms with van der Waals surface area (Å²) in [6.45, 7) is 5.58. The monoisotopic (exact) mass is 248 g/mol. The average Bonchev–Trinajstić information content (AvgIpc) is 2.23. The number of methoxy groups -OCH3 is 1. The molecule has 0 heterocycles. The molecule has 16 heavy (non-hydrogen) atoms. The number of rotatable bonds is 6. The second-order valence-corrected chi connectivity index (χ2v) is 5.14. The highest BCUT2D eigenvalue weighted by Crippen LogP contribution is 2.12. The average molecular weight is 248 g/mol. The van der Waals surface area contributed by atoms with E-state index in [0.717, 1.165) is 0 Å². The number of hydrogen-bond acceptors (Lipinski definition) is 5. The second kappa shape index (κ2) is 7.51. The highest BCUT2D eigenvalue weighted by molar-refractivity contribution is 8.00. The molecule has 0 saturated heterocycles. The van der Waals surface area contributed by atoms with Gasteiger partial charge in [-0.25, -0.2) is 0 Å². The molecule has 0 aliphatic rings. The van der Waals surface area contributed by atoms with Gasteiger partial charge in [0.05, 0.1) is 12.4 Å². The van der Waals surface area contributed by atoms with Crippen molar-refractivity contribution < 1.29 is 14.3 Å². The Balaban J connectivity index is 3.92. The first kappa shape index (κ1) is 15.2. The summed E-state index contributed by atoms with van der Waals surface area (Å²) < 4.78 is 4.49. The van der Waals surface area contributed by atoms with Crippen molar-refractivity contribution in [2.75, 3.05) is 12.9 Å². The van der Waals surface area contributed by atoms with Crippen molar-refractivity contribution in [3.63, 3.8) is 0 Å². The van der Waals surface area contributed by atoms with E-state index in [2.05, 4.69) is 10.1 Å². The molecular formula is C10H20N2O3S. The van der Waals surface area contributed by atoms with E-state index in [1.807, 2.05) is 13.8 Å². The lowest BCUT2D eigenvalue weighted by Gasteiger charge is -2.15. The van der Waals surface area contributed by atoms with Crippen LogP contribution in [0.1, 0.15) is 20.8 Å². The molecule has 6 heteroatoms. The van der Waals surface area contributed by atoms with E-state index < -0.39 is 12.0 Å². The summed E-state index contributed by atoms with van der Waals surface area (Å²) in [5.74, 6) is -0.125. The van der Waals surface area contributed by atoms with Gasteiger partial charge in [0.25, 0.3) is 0 Å². The van der Waals surface area contributed by atoms with E-state index in [9.17, 15) is 9.59 Å². The quantitative estimate of drug-likeness (QED) is 0.653. The highest BCUT2D eigenvalue weighted by atomic mass is 32.2. The standard InChI is InChI=1S/C10H20N2O3S/c1-6(2)12-9(13)7(3)16-5-8(11)10(14)15-4/h6-8H,5,11H2,1-4H3,(H,12,13). The van der Waals surface area contributed by atoms with Gasteiger partial charge in [0.2, 0.25) is 5.91 Å². The third-order valence-corrected chi connectivity index (χ3v) is 3.10. The maximum Gasteiger partial charge on any atom is 0.323 e. The molecule has 0 aromatic carbocycles. The van der Waals surface area contributed by atoms with Crippen LogP contribution in [0.3, 0.4) is 0 Å². The van der Waals surface area contributed by atoms with Gasteiger partial charge in [0.15, 0.2) is 0 Å². The summed E-state index contributed by atoms with van der Waals surface area (Å²) in [4.78, 5) is 22.5. The Bertz CT molecular complexity index is 246. The first-order chi connectivity index (χ1) is 7.38. The normalized spacial score (nSPS) is 14.4. The van der Waals surface area contributed by atoms with Crippen molar-refractivity contribution in [3.05, 3.63) is 0 Å². The zero-order valence-electron chi connectivity index (χ0n) is 10.1. The van der Waals surface area contributed by atoms with Gasteiger partial charge in [-0.3, -0.25) is 9.59 Å². The van der Waals surface area contributed by atoms with Crippen LogP contribution in [0.5, 0.6) is 0 Å². The lowest BCUT2D eigenvalue weighted by atomic mass is 10.3. The fourth-order valence-corrected chi connectivity index (χ4v) is 1.80. The van der Waals surface area contributed by atoms with Gasteiger partial charge in [0.1, 0.15) is 6.04 Å². The molecule has 2 atom stereocenters. The fraction of sp³-hybridized carbons (Fsp3) is 0.800. The summed E-state index contributed by atoms with van der Waals surface area (Å²) in [5.41, 5.74) is 5.55. The number of nitrogens with two attached hydrogens (primary N) is 1. The lowest BCUT2D eigenvalue weighted by molar-refractivity contribution is -0.141. The van der Waals surface area contributed by atoms with Gasteiger partial charge in [-0.15, -0.1) is 11.8 Å². The molecular weight excluding hydrogens is 228 g/mol. The number of amides is 1. The Labute approximate surface area is 100 Å².